The Hall–Kier alpha value is -2.57. The Morgan fingerprint density at radius 1 is 1.28 bits per heavy atom. The normalized spacial score (nSPS) is 14.8. The maximum atomic E-state index is 12.0. The number of benzene rings is 1. The maximum Gasteiger partial charge on any atom is 0.335 e. The van der Waals surface area contributed by atoms with Crippen LogP contribution in [0.15, 0.2) is 18.2 Å². The summed E-state index contributed by atoms with van der Waals surface area (Å²) in [6.45, 7) is 1.12. The highest BCUT2D eigenvalue weighted by molar-refractivity contribution is 5.88. The fraction of sp³-hybridized carbons (Fsp3) is 0.500. The summed E-state index contributed by atoms with van der Waals surface area (Å²) in [6.07, 6.45) is 3.88. The molecule has 0 bridgehead atoms. The van der Waals surface area contributed by atoms with Crippen molar-refractivity contribution in [1.82, 2.24) is 10.2 Å². The highest BCUT2D eigenvalue weighted by Gasteiger charge is 2.19. The van der Waals surface area contributed by atoms with E-state index in [1.807, 2.05) is 0 Å². The van der Waals surface area contributed by atoms with Gasteiger partial charge in [0, 0.05) is 19.5 Å². The summed E-state index contributed by atoms with van der Waals surface area (Å²) in [5.74, 6) is -0.674. The van der Waals surface area contributed by atoms with Crippen LogP contribution in [0.1, 0.15) is 41.6 Å². The van der Waals surface area contributed by atoms with E-state index in [9.17, 15) is 14.4 Å². The molecule has 1 aromatic carbocycles. The zero-order valence-electron chi connectivity index (χ0n) is 14.4. The van der Waals surface area contributed by atoms with Gasteiger partial charge in [-0.05, 0) is 37.0 Å². The predicted molar refractivity (Wildman–Crippen MR) is 91.7 cm³/mol. The zero-order valence-corrected chi connectivity index (χ0v) is 14.4. The Morgan fingerprint density at radius 2 is 2.08 bits per heavy atom. The van der Waals surface area contributed by atoms with Gasteiger partial charge in [0.15, 0.2) is 0 Å². The monoisotopic (exact) mass is 348 g/mol. The first-order chi connectivity index (χ1) is 12.0. The SMILES string of the molecule is COc1cc(C(=O)O)ccc1CCNC(=O)CN1CCCCCC1=O. The summed E-state index contributed by atoms with van der Waals surface area (Å²) in [5, 5.41) is 11.8. The first-order valence-electron chi connectivity index (χ1n) is 8.46. The Labute approximate surface area is 147 Å². The molecule has 1 saturated heterocycles. The van der Waals surface area contributed by atoms with Crippen molar-refractivity contribution in [2.45, 2.75) is 32.1 Å². The Bertz CT molecular complexity index is 644. The topological polar surface area (TPSA) is 95.9 Å². The van der Waals surface area contributed by atoms with E-state index in [1.54, 1.807) is 11.0 Å². The number of likely N-dealkylation sites (tertiary alicyclic amines) is 1. The number of carboxylic acids is 1. The first-order valence-corrected chi connectivity index (χ1v) is 8.46. The zero-order chi connectivity index (χ0) is 18.2. The fourth-order valence-electron chi connectivity index (χ4n) is 2.86. The minimum absolute atomic E-state index is 0.0404. The van der Waals surface area contributed by atoms with Crippen LogP contribution in [0, 0.1) is 0 Å². The van der Waals surface area contributed by atoms with E-state index < -0.39 is 5.97 Å². The smallest absolute Gasteiger partial charge is 0.335 e. The van der Waals surface area contributed by atoms with E-state index in [-0.39, 0.29) is 23.9 Å². The molecule has 0 spiro atoms. The van der Waals surface area contributed by atoms with E-state index in [2.05, 4.69) is 5.32 Å². The molecule has 0 saturated carbocycles. The summed E-state index contributed by atoms with van der Waals surface area (Å²) in [7, 11) is 1.48. The standard InChI is InChI=1S/C18H24N2O5/c1-25-15-11-14(18(23)24)7-6-13(15)8-9-19-16(21)12-20-10-4-2-3-5-17(20)22/h6-7,11H,2-5,8-10,12H2,1H3,(H,19,21)(H,23,24). The molecule has 0 aromatic heterocycles. The number of rotatable bonds is 7. The molecular weight excluding hydrogens is 324 g/mol. The van der Waals surface area contributed by atoms with E-state index in [0.29, 0.717) is 31.7 Å². The molecule has 2 amide bonds. The lowest BCUT2D eigenvalue weighted by molar-refractivity contribution is -0.135. The van der Waals surface area contributed by atoms with Gasteiger partial charge >= 0.3 is 5.97 Å². The van der Waals surface area contributed by atoms with Crippen molar-refractivity contribution < 1.29 is 24.2 Å². The van der Waals surface area contributed by atoms with Crippen molar-refractivity contribution in [3.8, 4) is 5.75 Å². The second kappa shape index (κ2) is 9.05. The third-order valence-electron chi connectivity index (χ3n) is 4.26. The number of carbonyl (C=O) groups is 3. The highest BCUT2D eigenvalue weighted by atomic mass is 16.5. The predicted octanol–water partition coefficient (Wildman–Crippen LogP) is 1.45. The van der Waals surface area contributed by atoms with Crippen LogP contribution in [0.4, 0.5) is 0 Å². The number of nitrogens with one attached hydrogen (secondary N) is 1. The third-order valence-corrected chi connectivity index (χ3v) is 4.26. The average molecular weight is 348 g/mol. The second-order valence-electron chi connectivity index (χ2n) is 6.06. The number of amides is 2. The first kappa shape index (κ1) is 18.8. The largest absolute Gasteiger partial charge is 0.496 e. The molecule has 0 aliphatic carbocycles. The van der Waals surface area contributed by atoms with Gasteiger partial charge in [-0.25, -0.2) is 4.79 Å². The molecule has 1 fully saturated rings. The Balaban J connectivity index is 1.84. The van der Waals surface area contributed by atoms with Crippen molar-refractivity contribution in [1.29, 1.82) is 0 Å². The number of carboxylic acid groups (broad SMARTS) is 1. The van der Waals surface area contributed by atoms with Crippen LogP contribution < -0.4 is 10.1 Å². The van der Waals surface area contributed by atoms with E-state index in [1.165, 1.54) is 19.2 Å². The van der Waals surface area contributed by atoms with Crippen molar-refractivity contribution in [2.24, 2.45) is 0 Å². The molecule has 1 aliphatic heterocycles. The minimum Gasteiger partial charge on any atom is -0.496 e. The lowest BCUT2D eigenvalue weighted by Gasteiger charge is -2.19. The highest BCUT2D eigenvalue weighted by Crippen LogP contribution is 2.20. The molecule has 1 heterocycles. The summed E-state index contributed by atoms with van der Waals surface area (Å²) in [5.41, 5.74) is 0.975. The summed E-state index contributed by atoms with van der Waals surface area (Å²) in [6, 6.07) is 4.67. The molecule has 0 unspecified atom stereocenters. The summed E-state index contributed by atoms with van der Waals surface area (Å²) >= 11 is 0. The Morgan fingerprint density at radius 3 is 2.80 bits per heavy atom. The van der Waals surface area contributed by atoms with Gasteiger partial charge in [-0.1, -0.05) is 12.5 Å². The van der Waals surface area contributed by atoms with Crippen LogP contribution in [0.5, 0.6) is 5.75 Å². The van der Waals surface area contributed by atoms with Crippen LogP contribution in [-0.4, -0.2) is 54.5 Å². The number of ether oxygens (including phenoxy) is 1. The molecule has 25 heavy (non-hydrogen) atoms. The minimum atomic E-state index is -1.01. The fourth-order valence-corrected chi connectivity index (χ4v) is 2.86. The lowest BCUT2D eigenvalue weighted by atomic mass is 10.1. The molecule has 2 N–H and O–H groups in total. The van der Waals surface area contributed by atoms with E-state index in [4.69, 9.17) is 9.84 Å². The summed E-state index contributed by atoms with van der Waals surface area (Å²) < 4.78 is 5.21. The van der Waals surface area contributed by atoms with Gasteiger partial charge in [-0.3, -0.25) is 9.59 Å². The van der Waals surface area contributed by atoms with Gasteiger partial charge in [0.05, 0.1) is 19.2 Å². The van der Waals surface area contributed by atoms with Gasteiger partial charge in [0.1, 0.15) is 5.75 Å². The number of methoxy groups -OCH3 is 1. The van der Waals surface area contributed by atoms with Crippen LogP contribution in [0.2, 0.25) is 0 Å². The van der Waals surface area contributed by atoms with Gasteiger partial charge in [0.25, 0.3) is 0 Å². The van der Waals surface area contributed by atoms with Crippen molar-refractivity contribution in [3.05, 3.63) is 29.3 Å². The number of hydrogen-bond donors (Lipinski definition) is 2. The van der Waals surface area contributed by atoms with E-state index in [0.717, 1.165) is 24.8 Å². The number of nitrogens with zero attached hydrogens (tertiary/aromatic N) is 1. The van der Waals surface area contributed by atoms with Gasteiger partial charge < -0.3 is 20.1 Å². The number of hydrogen-bond acceptors (Lipinski definition) is 4. The Kier molecular flexibility index (Phi) is 6.80. The molecule has 0 atom stereocenters. The number of aromatic carboxylic acids is 1. The molecule has 1 aliphatic rings. The van der Waals surface area contributed by atoms with Gasteiger partial charge in [-0.2, -0.15) is 0 Å². The molecule has 0 radical (unpaired) electrons. The quantitative estimate of drug-likeness (QED) is 0.778. The van der Waals surface area contributed by atoms with Crippen LogP contribution >= 0.6 is 0 Å². The van der Waals surface area contributed by atoms with Gasteiger partial charge in [-0.15, -0.1) is 0 Å². The molecule has 7 heteroatoms. The van der Waals surface area contributed by atoms with Crippen molar-refractivity contribution in [3.63, 3.8) is 0 Å². The average Bonchev–Trinajstić information content (AvgIpc) is 2.79. The van der Waals surface area contributed by atoms with Crippen LogP contribution in [-0.2, 0) is 16.0 Å². The van der Waals surface area contributed by atoms with E-state index >= 15 is 0 Å². The van der Waals surface area contributed by atoms with Crippen LogP contribution in [0.3, 0.4) is 0 Å². The third kappa shape index (κ3) is 5.48. The summed E-state index contributed by atoms with van der Waals surface area (Å²) in [4.78, 5) is 36.5. The van der Waals surface area contributed by atoms with Crippen molar-refractivity contribution >= 4 is 17.8 Å². The molecule has 7 nitrogen and oxygen atoms in total. The van der Waals surface area contributed by atoms with Gasteiger partial charge in [0.2, 0.25) is 11.8 Å². The molecule has 1 aromatic rings. The maximum absolute atomic E-state index is 12.0. The molecular formula is C18H24N2O5. The lowest BCUT2D eigenvalue weighted by Crippen LogP contribution is -2.41. The second-order valence-corrected chi connectivity index (χ2v) is 6.06. The van der Waals surface area contributed by atoms with Crippen molar-refractivity contribution in [2.75, 3.05) is 26.7 Å². The number of carbonyl (C=O) groups excluding carboxylic acids is 2. The molecule has 136 valence electrons. The van der Waals surface area contributed by atoms with Crippen LogP contribution in [0.25, 0.3) is 0 Å². The molecule has 2 rings (SSSR count).